The number of morpholine rings is 1. The third-order valence-corrected chi connectivity index (χ3v) is 9.29. The molecule has 0 saturated carbocycles. The molecule has 9 nitrogen and oxygen atoms in total. The highest BCUT2D eigenvalue weighted by atomic mass is 19.1. The number of aromatic nitrogens is 3. The van der Waals surface area contributed by atoms with Crippen molar-refractivity contribution < 1.29 is 23.0 Å². The van der Waals surface area contributed by atoms with Crippen LogP contribution >= 0.6 is 0 Å². The fourth-order valence-corrected chi connectivity index (χ4v) is 6.78. The van der Waals surface area contributed by atoms with Crippen molar-refractivity contribution in [2.45, 2.75) is 39.2 Å². The number of nitrogens with two attached hydrogens (primary N) is 1. The summed E-state index contributed by atoms with van der Waals surface area (Å²) in [5.41, 5.74) is 13.2. The number of anilines is 2. The molecule has 0 atom stereocenters. The molecule has 0 amide bonds. The Morgan fingerprint density at radius 2 is 1.70 bits per heavy atom. The molecule has 3 aliphatic rings. The van der Waals surface area contributed by atoms with Gasteiger partial charge in [0.05, 0.1) is 36.9 Å². The lowest BCUT2D eigenvalue weighted by molar-refractivity contribution is 0.0115. The summed E-state index contributed by atoms with van der Waals surface area (Å²) in [6.07, 6.45) is 7.66. The van der Waals surface area contributed by atoms with Crippen molar-refractivity contribution in [1.82, 2.24) is 19.7 Å². The van der Waals surface area contributed by atoms with Crippen LogP contribution in [0.15, 0.2) is 54.4 Å². The molecule has 4 heterocycles. The van der Waals surface area contributed by atoms with Crippen LogP contribution in [0, 0.1) is 25.5 Å². The number of piperidine rings is 1. The Morgan fingerprint density at radius 3 is 2.41 bits per heavy atom. The smallest absolute Gasteiger partial charge is 0.219 e. The van der Waals surface area contributed by atoms with Gasteiger partial charge in [0, 0.05) is 56.0 Å². The molecule has 0 unspecified atom stereocenters. The zero-order valence-corrected chi connectivity index (χ0v) is 25.9. The monoisotopic (exact) mass is 626 g/mol. The number of benzene rings is 2. The molecule has 2 fully saturated rings. The number of hydrogen-bond donors (Lipinski definition) is 1. The number of allylic oxidation sites excluding steroid dienone is 1. The normalized spacial score (nSPS) is 17.2. The van der Waals surface area contributed by atoms with E-state index in [1.165, 1.54) is 40.5 Å². The van der Waals surface area contributed by atoms with Crippen LogP contribution in [-0.4, -0.2) is 70.9 Å². The summed E-state index contributed by atoms with van der Waals surface area (Å²) < 4.78 is 40.5. The number of nitrogen functional groups attached to an aromatic ring is 1. The van der Waals surface area contributed by atoms with Crippen LogP contribution in [-0.2, 0) is 11.2 Å². The van der Waals surface area contributed by atoms with Gasteiger partial charge in [-0.25, -0.2) is 18.4 Å². The molecule has 1 aliphatic carbocycles. The van der Waals surface area contributed by atoms with Gasteiger partial charge in [-0.15, -0.1) is 0 Å². The lowest BCUT2D eigenvalue weighted by Gasteiger charge is -2.41. The van der Waals surface area contributed by atoms with Crippen molar-refractivity contribution in [2.24, 2.45) is 0 Å². The highest BCUT2D eigenvalue weighted by Crippen LogP contribution is 2.36. The van der Waals surface area contributed by atoms with Crippen LogP contribution in [0.2, 0.25) is 0 Å². The second-order valence-corrected chi connectivity index (χ2v) is 12.2. The number of fused-ring (bicyclic) bond motifs is 1. The van der Waals surface area contributed by atoms with Crippen molar-refractivity contribution in [2.75, 3.05) is 50.0 Å². The predicted molar refractivity (Wildman–Crippen MR) is 172 cm³/mol. The van der Waals surface area contributed by atoms with E-state index in [9.17, 15) is 13.6 Å². The van der Waals surface area contributed by atoms with Crippen molar-refractivity contribution in [1.29, 1.82) is 0 Å². The topological polar surface area (TPSA) is 98.7 Å². The van der Waals surface area contributed by atoms with Crippen LogP contribution in [0.3, 0.4) is 0 Å². The van der Waals surface area contributed by atoms with E-state index in [4.69, 9.17) is 15.2 Å². The highest BCUT2D eigenvalue weighted by Gasteiger charge is 2.29. The molecule has 0 bridgehead atoms. The number of aryl methyl sites for hydroxylation is 2. The number of rotatable bonds is 7. The van der Waals surface area contributed by atoms with Gasteiger partial charge in [-0.05, 0) is 79.3 Å². The molecular weight excluding hydrogens is 590 g/mol. The number of Topliss-reactive ketones (excluding diaryl/α,β-unsaturated/α-hetero) is 1. The number of pyridine rings is 1. The van der Waals surface area contributed by atoms with E-state index in [0.717, 1.165) is 75.5 Å². The van der Waals surface area contributed by atoms with E-state index < -0.39 is 17.4 Å². The lowest BCUT2D eigenvalue weighted by Crippen LogP contribution is -2.49. The minimum atomic E-state index is -0.832. The molecule has 11 heteroatoms. The van der Waals surface area contributed by atoms with Crippen LogP contribution in [0.4, 0.5) is 20.3 Å². The standard InChI is InChI=1S/C35H36F2N6O3/c1-21-14-23-16-25(17-24(23)18-30(21)42-8-6-26(7-9-42)41-10-12-45-13-11-41)33(44)27-19-40-43(35(27)38)31-20-39-32(15-22(31)2)46-34-28(36)4-3-5-29(34)37/h3-5,14-16,18-20,26H,6-13,17,38H2,1-2H3. The molecule has 4 aromatic rings. The van der Waals surface area contributed by atoms with Gasteiger partial charge in [0.1, 0.15) is 5.82 Å². The van der Waals surface area contributed by atoms with Crippen molar-refractivity contribution >= 4 is 23.4 Å². The van der Waals surface area contributed by atoms with E-state index in [1.807, 2.05) is 6.08 Å². The fraction of sp³-hybridized carbons (Fsp3) is 0.343. The van der Waals surface area contributed by atoms with Gasteiger partial charge in [-0.2, -0.15) is 5.10 Å². The number of carbonyl (C=O) groups excluding carboxylic acids is 1. The SMILES string of the molecule is Cc1cc2c(cc1N1CCC(N3CCOCC3)CC1)CC(C(=O)c1cnn(-c3cnc(Oc4c(F)cccc4F)cc3C)c1N)=C2. The Kier molecular flexibility index (Phi) is 8.04. The molecule has 2 aromatic heterocycles. The average Bonchev–Trinajstić information content (AvgIpc) is 3.65. The number of carbonyl (C=O) groups is 1. The van der Waals surface area contributed by atoms with Crippen LogP contribution in [0.5, 0.6) is 11.6 Å². The minimum Gasteiger partial charge on any atom is -0.433 e. The minimum absolute atomic E-state index is 0.0114. The van der Waals surface area contributed by atoms with Gasteiger partial charge in [-0.1, -0.05) is 6.07 Å². The van der Waals surface area contributed by atoms with Gasteiger partial charge >= 0.3 is 0 Å². The quantitative estimate of drug-likeness (QED) is 0.263. The summed E-state index contributed by atoms with van der Waals surface area (Å²) >= 11 is 0. The Morgan fingerprint density at radius 1 is 0.978 bits per heavy atom. The molecule has 238 valence electrons. The molecular formula is C35H36F2N6O3. The molecule has 2 N–H and O–H groups in total. The average molecular weight is 627 g/mol. The first-order chi connectivity index (χ1) is 22.3. The van der Waals surface area contributed by atoms with E-state index in [1.54, 1.807) is 6.92 Å². The Hall–Kier alpha value is -4.61. The molecule has 7 rings (SSSR count). The first-order valence-electron chi connectivity index (χ1n) is 15.6. The zero-order chi connectivity index (χ0) is 31.9. The first-order valence-corrected chi connectivity index (χ1v) is 15.6. The van der Waals surface area contributed by atoms with Crippen LogP contribution in [0.25, 0.3) is 11.8 Å². The number of hydrogen-bond acceptors (Lipinski definition) is 8. The van der Waals surface area contributed by atoms with Gasteiger partial charge in [0.25, 0.3) is 0 Å². The third-order valence-electron chi connectivity index (χ3n) is 9.29. The maximum atomic E-state index is 14.1. The molecule has 2 saturated heterocycles. The number of ether oxygens (including phenoxy) is 2. The highest BCUT2D eigenvalue weighted by molar-refractivity contribution is 6.15. The number of ketones is 1. The summed E-state index contributed by atoms with van der Waals surface area (Å²) in [6.45, 7) is 9.62. The molecule has 2 aromatic carbocycles. The zero-order valence-electron chi connectivity index (χ0n) is 25.9. The van der Waals surface area contributed by atoms with Gasteiger partial charge in [0.15, 0.2) is 17.4 Å². The van der Waals surface area contributed by atoms with Gasteiger partial charge < -0.3 is 20.1 Å². The van der Waals surface area contributed by atoms with E-state index >= 15 is 0 Å². The number of para-hydroxylation sites is 1. The van der Waals surface area contributed by atoms with Crippen molar-refractivity contribution in [3.05, 3.63) is 93.8 Å². The lowest BCUT2D eigenvalue weighted by atomic mass is 9.98. The van der Waals surface area contributed by atoms with Crippen molar-refractivity contribution in [3.63, 3.8) is 0 Å². The summed E-state index contributed by atoms with van der Waals surface area (Å²) in [5.74, 6) is -2.18. The Balaban J connectivity index is 1.04. The molecule has 2 aliphatic heterocycles. The second-order valence-electron chi connectivity index (χ2n) is 12.2. The molecule has 46 heavy (non-hydrogen) atoms. The van der Waals surface area contributed by atoms with Gasteiger partial charge in [-0.3, -0.25) is 9.69 Å². The second kappa shape index (κ2) is 12.3. The molecule has 0 spiro atoms. The Labute approximate surface area is 266 Å². The Bertz CT molecular complexity index is 1820. The summed E-state index contributed by atoms with van der Waals surface area (Å²) in [4.78, 5) is 23.0. The van der Waals surface area contributed by atoms with E-state index in [0.29, 0.717) is 34.9 Å². The summed E-state index contributed by atoms with van der Waals surface area (Å²) in [7, 11) is 0. The van der Waals surface area contributed by atoms with E-state index in [2.05, 4.69) is 38.9 Å². The largest absolute Gasteiger partial charge is 0.433 e. The van der Waals surface area contributed by atoms with E-state index in [-0.39, 0.29) is 17.5 Å². The van der Waals surface area contributed by atoms with Crippen LogP contribution < -0.4 is 15.4 Å². The third kappa shape index (κ3) is 5.65. The van der Waals surface area contributed by atoms with Gasteiger partial charge in [0.2, 0.25) is 11.6 Å². The molecule has 0 radical (unpaired) electrons. The summed E-state index contributed by atoms with van der Waals surface area (Å²) in [5, 5.41) is 4.39. The van der Waals surface area contributed by atoms with Crippen LogP contribution in [0.1, 0.15) is 45.5 Å². The maximum Gasteiger partial charge on any atom is 0.219 e. The number of halogens is 2. The predicted octanol–water partition coefficient (Wildman–Crippen LogP) is 5.66. The first kappa shape index (κ1) is 30.1. The fourth-order valence-electron chi connectivity index (χ4n) is 6.78. The van der Waals surface area contributed by atoms with Crippen molar-refractivity contribution in [3.8, 4) is 17.3 Å². The number of nitrogens with zero attached hydrogens (tertiary/aromatic N) is 5. The summed E-state index contributed by atoms with van der Waals surface area (Å²) in [6, 6.07) is 10.0. The maximum absolute atomic E-state index is 14.1.